The number of carbonyl (C=O) groups excluding carboxylic acids is 1. The minimum Gasteiger partial charge on any atom is -0.349 e. The van der Waals surface area contributed by atoms with E-state index >= 15 is 0 Å². The Labute approximate surface area is 112 Å². The Balaban J connectivity index is 2.74. The Kier molecular flexibility index (Phi) is 5.20. The van der Waals surface area contributed by atoms with E-state index in [4.69, 9.17) is 5.73 Å². The Morgan fingerprint density at radius 3 is 2.33 bits per heavy atom. The molecule has 2 unspecified atom stereocenters. The van der Waals surface area contributed by atoms with Crippen LogP contribution in [0.25, 0.3) is 0 Å². The van der Waals surface area contributed by atoms with Gasteiger partial charge in [-0.1, -0.05) is 40.5 Å². The van der Waals surface area contributed by atoms with Crippen molar-refractivity contribution in [3.63, 3.8) is 0 Å². The van der Waals surface area contributed by atoms with Gasteiger partial charge in [-0.25, -0.2) is 0 Å². The van der Waals surface area contributed by atoms with Crippen molar-refractivity contribution >= 4 is 5.91 Å². The molecule has 18 heavy (non-hydrogen) atoms. The second kappa shape index (κ2) is 6.05. The number of carbonyl (C=O) groups is 1. The lowest BCUT2D eigenvalue weighted by Gasteiger charge is -2.40. The van der Waals surface area contributed by atoms with Crippen LogP contribution in [0.1, 0.15) is 72.6 Å². The largest absolute Gasteiger partial charge is 0.349 e. The Hall–Kier alpha value is -0.570. The van der Waals surface area contributed by atoms with Crippen molar-refractivity contribution in [3.05, 3.63) is 0 Å². The molecule has 0 aromatic heterocycles. The molecule has 3 heteroatoms. The van der Waals surface area contributed by atoms with Crippen LogP contribution in [-0.4, -0.2) is 17.0 Å². The van der Waals surface area contributed by atoms with E-state index < -0.39 is 5.54 Å². The molecule has 0 aliphatic heterocycles. The zero-order valence-electron chi connectivity index (χ0n) is 12.5. The van der Waals surface area contributed by atoms with Gasteiger partial charge in [-0.3, -0.25) is 4.79 Å². The lowest BCUT2D eigenvalue weighted by Crippen LogP contribution is -2.61. The SMILES string of the molecule is CCC(CC)(CC)NC(=O)C1(N)CCCC(C)C1. The molecule has 3 nitrogen and oxygen atoms in total. The van der Waals surface area contributed by atoms with Crippen molar-refractivity contribution < 1.29 is 4.79 Å². The molecule has 1 aliphatic rings. The van der Waals surface area contributed by atoms with Crippen molar-refractivity contribution in [2.24, 2.45) is 11.7 Å². The van der Waals surface area contributed by atoms with E-state index in [0.29, 0.717) is 5.92 Å². The number of nitrogens with two attached hydrogens (primary N) is 1. The molecule has 0 aromatic rings. The van der Waals surface area contributed by atoms with Gasteiger partial charge in [0.25, 0.3) is 0 Å². The highest BCUT2D eigenvalue weighted by atomic mass is 16.2. The standard InChI is InChI=1S/C15H30N2O/c1-5-14(6-2,7-3)17-13(18)15(16)10-8-9-12(4)11-15/h12H,5-11,16H2,1-4H3,(H,17,18). The highest BCUT2D eigenvalue weighted by molar-refractivity contribution is 5.86. The van der Waals surface area contributed by atoms with Crippen LogP contribution in [0.4, 0.5) is 0 Å². The molecule has 0 saturated heterocycles. The summed E-state index contributed by atoms with van der Waals surface area (Å²) in [6, 6.07) is 0. The second-order valence-electron chi connectivity index (χ2n) is 6.15. The molecule has 0 heterocycles. The molecule has 1 rings (SSSR count). The Bertz CT molecular complexity index is 278. The average molecular weight is 254 g/mol. The van der Waals surface area contributed by atoms with Crippen LogP contribution in [0.15, 0.2) is 0 Å². The summed E-state index contributed by atoms with van der Waals surface area (Å²) in [5, 5.41) is 3.25. The number of nitrogens with one attached hydrogen (secondary N) is 1. The van der Waals surface area contributed by atoms with E-state index in [9.17, 15) is 4.79 Å². The summed E-state index contributed by atoms with van der Waals surface area (Å²) < 4.78 is 0. The van der Waals surface area contributed by atoms with Gasteiger partial charge in [0, 0.05) is 5.54 Å². The van der Waals surface area contributed by atoms with E-state index in [1.165, 1.54) is 6.42 Å². The third kappa shape index (κ3) is 3.25. The Morgan fingerprint density at radius 1 is 1.33 bits per heavy atom. The van der Waals surface area contributed by atoms with E-state index in [2.05, 4.69) is 33.0 Å². The summed E-state index contributed by atoms with van der Waals surface area (Å²) in [5.41, 5.74) is 5.65. The van der Waals surface area contributed by atoms with Crippen molar-refractivity contribution in [2.75, 3.05) is 0 Å². The molecule has 106 valence electrons. The summed E-state index contributed by atoms with van der Waals surface area (Å²) in [5.74, 6) is 0.633. The summed E-state index contributed by atoms with van der Waals surface area (Å²) in [6.45, 7) is 8.61. The maximum atomic E-state index is 12.5. The van der Waals surface area contributed by atoms with Crippen LogP contribution in [0.2, 0.25) is 0 Å². The fourth-order valence-corrected chi connectivity index (χ4v) is 3.18. The maximum Gasteiger partial charge on any atom is 0.240 e. The highest BCUT2D eigenvalue weighted by Crippen LogP contribution is 2.31. The maximum absolute atomic E-state index is 12.5. The van der Waals surface area contributed by atoms with Gasteiger partial charge in [-0.05, 0) is 38.0 Å². The molecule has 2 atom stereocenters. The van der Waals surface area contributed by atoms with Gasteiger partial charge < -0.3 is 11.1 Å². The van der Waals surface area contributed by atoms with Crippen LogP contribution >= 0.6 is 0 Å². The van der Waals surface area contributed by atoms with Gasteiger partial charge in [0.2, 0.25) is 5.91 Å². The number of hydrogen-bond donors (Lipinski definition) is 2. The van der Waals surface area contributed by atoms with E-state index in [1.54, 1.807) is 0 Å². The van der Waals surface area contributed by atoms with Gasteiger partial charge in [-0.15, -0.1) is 0 Å². The summed E-state index contributed by atoms with van der Waals surface area (Å²) in [6.07, 6.45) is 6.84. The van der Waals surface area contributed by atoms with Crippen LogP contribution < -0.4 is 11.1 Å². The molecular weight excluding hydrogens is 224 g/mol. The fourth-order valence-electron chi connectivity index (χ4n) is 3.18. The first kappa shape index (κ1) is 15.5. The molecule has 0 radical (unpaired) electrons. The van der Waals surface area contributed by atoms with Crippen LogP contribution in [0.3, 0.4) is 0 Å². The number of hydrogen-bond acceptors (Lipinski definition) is 2. The molecule has 3 N–H and O–H groups in total. The number of amides is 1. The third-order valence-electron chi connectivity index (χ3n) is 4.89. The van der Waals surface area contributed by atoms with Crippen molar-refractivity contribution in [1.29, 1.82) is 0 Å². The molecular formula is C15H30N2O. The minimum absolute atomic E-state index is 0.0653. The highest BCUT2D eigenvalue weighted by Gasteiger charge is 2.40. The van der Waals surface area contributed by atoms with Crippen LogP contribution in [-0.2, 0) is 4.79 Å². The molecule has 0 spiro atoms. The first-order chi connectivity index (χ1) is 8.41. The normalized spacial score (nSPS) is 29.1. The third-order valence-corrected chi connectivity index (χ3v) is 4.89. The molecule has 1 fully saturated rings. The summed E-state index contributed by atoms with van der Waals surface area (Å²) in [7, 11) is 0. The van der Waals surface area contributed by atoms with Crippen molar-refractivity contribution in [2.45, 2.75) is 83.7 Å². The predicted molar refractivity (Wildman–Crippen MR) is 76.3 cm³/mol. The van der Waals surface area contributed by atoms with Gasteiger partial charge in [0.1, 0.15) is 0 Å². The van der Waals surface area contributed by atoms with Crippen LogP contribution in [0.5, 0.6) is 0 Å². The van der Waals surface area contributed by atoms with E-state index in [1.807, 2.05) is 0 Å². The van der Waals surface area contributed by atoms with Crippen molar-refractivity contribution in [3.8, 4) is 0 Å². The zero-order valence-corrected chi connectivity index (χ0v) is 12.5. The monoisotopic (exact) mass is 254 g/mol. The summed E-state index contributed by atoms with van der Waals surface area (Å²) in [4.78, 5) is 12.5. The van der Waals surface area contributed by atoms with Crippen LogP contribution in [0, 0.1) is 5.92 Å². The van der Waals surface area contributed by atoms with Gasteiger partial charge >= 0.3 is 0 Å². The molecule has 1 saturated carbocycles. The summed E-state index contributed by atoms with van der Waals surface area (Å²) >= 11 is 0. The smallest absolute Gasteiger partial charge is 0.240 e. The second-order valence-corrected chi connectivity index (χ2v) is 6.15. The van der Waals surface area contributed by atoms with Gasteiger partial charge in [0.15, 0.2) is 0 Å². The average Bonchev–Trinajstić information content (AvgIpc) is 2.35. The fraction of sp³-hybridized carbons (Fsp3) is 0.933. The predicted octanol–water partition coefficient (Wildman–Crippen LogP) is 2.98. The van der Waals surface area contributed by atoms with E-state index in [0.717, 1.165) is 38.5 Å². The lowest BCUT2D eigenvalue weighted by molar-refractivity contribution is -0.130. The zero-order chi connectivity index (χ0) is 13.8. The van der Waals surface area contributed by atoms with Crippen molar-refractivity contribution in [1.82, 2.24) is 5.32 Å². The first-order valence-electron chi connectivity index (χ1n) is 7.53. The van der Waals surface area contributed by atoms with Gasteiger partial charge in [0.05, 0.1) is 5.54 Å². The minimum atomic E-state index is -0.636. The van der Waals surface area contributed by atoms with E-state index in [-0.39, 0.29) is 11.4 Å². The lowest BCUT2D eigenvalue weighted by atomic mass is 9.75. The van der Waals surface area contributed by atoms with Gasteiger partial charge in [-0.2, -0.15) is 0 Å². The number of rotatable bonds is 5. The quantitative estimate of drug-likeness (QED) is 0.792. The molecule has 1 amide bonds. The topological polar surface area (TPSA) is 55.1 Å². The molecule has 0 aromatic carbocycles. The Morgan fingerprint density at radius 2 is 1.89 bits per heavy atom. The molecule has 0 bridgehead atoms. The molecule has 1 aliphatic carbocycles. The first-order valence-corrected chi connectivity index (χ1v) is 7.53.